The molecule has 4 rings (SSSR count). The lowest BCUT2D eigenvalue weighted by Gasteiger charge is -2.32. The maximum atomic E-state index is 13.1. The molecule has 7 nitrogen and oxygen atoms in total. The number of halogens is 1. The number of pyridine rings is 1. The number of benzene rings is 1. The molecule has 1 aromatic carbocycles. The molecule has 0 atom stereocenters. The van der Waals surface area contributed by atoms with E-state index >= 15 is 0 Å². The van der Waals surface area contributed by atoms with Crippen LogP contribution in [0, 0.1) is 5.82 Å². The molecule has 0 spiro atoms. The highest BCUT2D eigenvalue weighted by Gasteiger charge is 2.36. The van der Waals surface area contributed by atoms with Gasteiger partial charge in [0.2, 0.25) is 0 Å². The van der Waals surface area contributed by atoms with Crippen LogP contribution in [0.5, 0.6) is 5.75 Å². The number of carbonyl (C=O) groups excluding carboxylic acids is 2. The fraction of sp³-hybridized carbons (Fsp3) is 0.381. The summed E-state index contributed by atoms with van der Waals surface area (Å²) >= 11 is 0. The van der Waals surface area contributed by atoms with Crippen molar-refractivity contribution in [3.63, 3.8) is 0 Å². The third kappa shape index (κ3) is 3.28. The van der Waals surface area contributed by atoms with Gasteiger partial charge in [-0.3, -0.25) is 14.4 Å². The summed E-state index contributed by atoms with van der Waals surface area (Å²) in [4.78, 5) is 41.9. The van der Waals surface area contributed by atoms with Crippen molar-refractivity contribution in [1.82, 2.24) is 14.4 Å². The van der Waals surface area contributed by atoms with Crippen LogP contribution in [0.15, 0.2) is 29.1 Å². The summed E-state index contributed by atoms with van der Waals surface area (Å²) in [6.45, 7) is 1.48. The molecule has 152 valence electrons. The molecule has 8 heteroatoms. The standard InChI is InChI=1S/C21H22FN3O4/c1-23-9-2-3-10-25-17(20(23)28)15-8-11-24(12-13-4-6-14(22)7-5-13)19(27)16(15)18(26)21(25)29/h4-7,26H,2-3,8-12H2,1H3. The van der Waals surface area contributed by atoms with Crippen molar-refractivity contribution in [2.75, 3.05) is 20.1 Å². The number of aromatic nitrogens is 1. The minimum absolute atomic E-state index is 0.0862. The third-order valence-corrected chi connectivity index (χ3v) is 5.64. The van der Waals surface area contributed by atoms with E-state index in [9.17, 15) is 23.9 Å². The van der Waals surface area contributed by atoms with Crippen LogP contribution in [-0.4, -0.2) is 51.4 Å². The Kier molecular flexibility index (Phi) is 4.86. The average molecular weight is 399 g/mol. The summed E-state index contributed by atoms with van der Waals surface area (Å²) < 4.78 is 14.5. The topological polar surface area (TPSA) is 82.8 Å². The van der Waals surface area contributed by atoms with E-state index < -0.39 is 17.2 Å². The van der Waals surface area contributed by atoms with Crippen molar-refractivity contribution in [3.8, 4) is 5.75 Å². The molecule has 0 fully saturated rings. The Balaban J connectivity index is 1.78. The van der Waals surface area contributed by atoms with Crippen LogP contribution < -0.4 is 5.56 Å². The van der Waals surface area contributed by atoms with E-state index in [0.717, 1.165) is 12.0 Å². The maximum absolute atomic E-state index is 13.1. The Morgan fingerprint density at radius 1 is 1.00 bits per heavy atom. The fourth-order valence-electron chi connectivity index (χ4n) is 4.06. The van der Waals surface area contributed by atoms with E-state index in [0.29, 0.717) is 38.0 Å². The molecular weight excluding hydrogens is 377 g/mol. The molecule has 1 aromatic heterocycles. The second-order valence-electron chi connectivity index (χ2n) is 7.54. The number of carbonyl (C=O) groups is 2. The zero-order valence-corrected chi connectivity index (χ0v) is 16.2. The Bertz CT molecular complexity index is 1050. The van der Waals surface area contributed by atoms with Crippen LogP contribution in [-0.2, 0) is 19.5 Å². The number of aromatic hydroxyl groups is 1. The van der Waals surface area contributed by atoms with Gasteiger partial charge in [0.25, 0.3) is 17.4 Å². The van der Waals surface area contributed by atoms with E-state index in [-0.39, 0.29) is 29.5 Å². The average Bonchev–Trinajstić information content (AvgIpc) is 2.70. The van der Waals surface area contributed by atoms with Crippen molar-refractivity contribution < 1.29 is 19.1 Å². The molecule has 0 saturated heterocycles. The SMILES string of the molecule is CN1CCCCn2c(c3c(c(O)c2=O)C(=O)N(Cc2ccc(F)cc2)CC3)C1=O. The first-order valence-electron chi connectivity index (χ1n) is 9.66. The van der Waals surface area contributed by atoms with Gasteiger partial charge in [-0.1, -0.05) is 12.1 Å². The van der Waals surface area contributed by atoms with Gasteiger partial charge in [-0.05, 0) is 37.0 Å². The van der Waals surface area contributed by atoms with Crippen molar-refractivity contribution in [3.05, 3.63) is 62.8 Å². The van der Waals surface area contributed by atoms with Gasteiger partial charge in [-0.15, -0.1) is 0 Å². The number of hydrogen-bond donors (Lipinski definition) is 1. The maximum Gasteiger partial charge on any atom is 0.294 e. The molecule has 2 amide bonds. The summed E-state index contributed by atoms with van der Waals surface area (Å²) in [6, 6.07) is 5.82. The van der Waals surface area contributed by atoms with Crippen LogP contribution in [0.1, 0.15) is 44.8 Å². The van der Waals surface area contributed by atoms with Gasteiger partial charge >= 0.3 is 0 Å². The van der Waals surface area contributed by atoms with Gasteiger partial charge in [0, 0.05) is 38.8 Å². The number of amides is 2. The predicted octanol–water partition coefficient (Wildman–Crippen LogP) is 1.76. The second kappa shape index (κ2) is 7.35. The molecule has 0 unspecified atom stereocenters. The third-order valence-electron chi connectivity index (χ3n) is 5.64. The Labute approximate surface area is 167 Å². The normalized spacial score (nSPS) is 16.9. The number of fused-ring (bicyclic) bond motifs is 3. The van der Waals surface area contributed by atoms with Gasteiger partial charge in [0.15, 0.2) is 5.75 Å². The molecule has 29 heavy (non-hydrogen) atoms. The fourth-order valence-corrected chi connectivity index (χ4v) is 4.06. The molecule has 1 N–H and O–H groups in total. The van der Waals surface area contributed by atoms with E-state index in [4.69, 9.17) is 0 Å². The molecule has 0 bridgehead atoms. The van der Waals surface area contributed by atoms with Crippen molar-refractivity contribution >= 4 is 11.8 Å². The van der Waals surface area contributed by atoms with E-state index in [2.05, 4.69) is 0 Å². The Hall–Kier alpha value is -3.16. The highest BCUT2D eigenvalue weighted by molar-refractivity contribution is 6.03. The molecule has 0 saturated carbocycles. The van der Waals surface area contributed by atoms with Gasteiger partial charge in [-0.25, -0.2) is 4.39 Å². The minimum Gasteiger partial charge on any atom is -0.502 e. The first kappa shape index (κ1) is 19.2. The highest BCUT2D eigenvalue weighted by atomic mass is 19.1. The van der Waals surface area contributed by atoms with E-state index in [1.807, 2.05) is 0 Å². The number of nitrogens with zero attached hydrogens (tertiary/aromatic N) is 3. The molecule has 2 aliphatic rings. The van der Waals surface area contributed by atoms with Gasteiger partial charge < -0.3 is 19.5 Å². The molecule has 2 aliphatic heterocycles. The second-order valence-corrected chi connectivity index (χ2v) is 7.54. The zero-order valence-electron chi connectivity index (χ0n) is 16.2. The molecular formula is C21H22FN3O4. The Morgan fingerprint density at radius 3 is 2.41 bits per heavy atom. The molecule has 0 aliphatic carbocycles. The Morgan fingerprint density at radius 2 is 1.69 bits per heavy atom. The van der Waals surface area contributed by atoms with Gasteiger partial charge in [0.05, 0.1) is 5.56 Å². The highest BCUT2D eigenvalue weighted by Crippen LogP contribution is 2.30. The number of hydrogen-bond acceptors (Lipinski definition) is 4. The smallest absolute Gasteiger partial charge is 0.294 e. The van der Waals surface area contributed by atoms with Gasteiger partial charge in [-0.2, -0.15) is 0 Å². The van der Waals surface area contributed by atoms with Crippen LogP contribution in [0.2, 0.25) is 0 Å². The lowest BCUT2D eigenvalue weighted by molar-refractivity contribution is 0.0717. The quantitative estimate of drug-likeness (QED) is 0.834. The summed E-state index contributed by atoms with van der Waals surface area (Å²) in [5, 5.41) is 10.5. The lowest BCUT2D eigenvalue weighted by Crippen LogP contribution is -2.43. The minimum atomic E-state index is -0.709. The number of rotatable bonds is 2. The van der Waals surface area contributed by atoms with Crippen LogP contribution in [0.25, 0.3) is 0 Å². The van der Waals surface area contributed by atoms with Crippen molar-refractivity contribution in [2.24, 2.45) is 0 Å². The zero-order chi connectivity index (χ0) is 20.7. The van der Waals surface area contributed by atoms with Gasteiger partial charge in [0.1, 0.15) is 11.5 Å². The van der Waals surface area contributed by atoms with Crippen molar-refractivity contribution in [2.45, 2.75) is 32.4 Å². The monoisotopic (exact) mass is 399 g/mol. The predicted molar refractivity (Wildman–Crippen MR) is 103 cm³/mol. The summed E-state index contributed by atoms with van der Waals surface area (Å²) in [5.41, 5.74) is 0.582. The summed E-state index contributed by atoms with van der Waals surface area (Å²) in [7, 11) is 1.67. The lowest BCUT2D eigenvalue weighted by atomic mass is 9.94. The summed E-state index contributed by atoms with van der Waals surface area (Å²) in [5.74, 6) is -1.77. The van der Waals surface area contributed by atoms with Crippen LogP contribution in [0.3, 0.4) is 0 Å². The first-order valence-corrected chi connectivity index (χ1v) is 9.66. The molecule has 2 aromatic rings. The summed E-state index contributed by atoms with van der Waals surface area (Å²) in [6.07, 6.45) is 1.81. The molecule has 3 heterocycles. The van der Waals surface area contributed by atoms with Crippen molar-refractivity contribution in [1.29, 1.82) is 0 Å². The van der Waals surface area contributed by atoms with Crippen LogP contribution >= 0.6 is 0 Å². The van der Waals surface area contributed by atoms with E-state index in [1.165, 1.54) is 21.6 Å². The molecule has 0 radical (unpaired) electrons. The largest absolute Gasteiger partial charge is 0.502 e. The van der Waals surface area contributed by atoms with E-state index in [1.54, 1.807) is 24.1 Å². The first-order chi connectivity index (χ1) is 13.9. The van der Waals surface area contributed by atoms with Crippen LogP contribution in [0.4, 0.5) is 4.39 Å².